The normalized spacial score (nSPS) is 16.1. The van der Waals surface area contributed by atoms with E-state index in [9.17, 15) is 0 Å². The first kappa shape index (κ1) is 10.2. The van der Waals surface area contributed by atoms with Gasteiger partial charge in [0.15, 0.2) is 0 Å². The highest BCUT2D eigenvalue weighted by molar-refractivity contribution is 14.1. The molecule has 0 aliphatic carbocycles. The predicted octanol–water partition coefficient (Wildman–Crippen LogP) is 1.83. The number of nitrogens with one attached hydrogen (secondary N) is 2. The Kier molecular flexibility index (Phi) is 5.07. The van der Waals surface area contributed by atoms with Gasteiger partial charge in [-0.05, 0) is 33.4 Å². The maximum absolute atomic E-state index is 3.18. The van der Waals surface area contributed by atoms with Crippen LogP contribution >= 0.6 is 22.9 Å². The van der Waals surface area contributed by atoms with Gasteiger partial charge in [-0.3, -0.25) is 0 Å². The second-order valence-corrected chi connectivity index (χ2v) is 2.95. The number of hydrogen-bond acceptors (Lipinski definition) is 2. The van der Waals surface area contributed by atoms with Gasteiger partial charge in [-0.1, -0.05) is 0 Å². The summed E-state index contributed by atoms with van der Waals surface area (Å²) in [4.78, 5) is 0. The molecule has 0 aliphatic rings. The van der Waals surface area contributed by atoms with E-state index in [2.05, 4.69) is 52.5 Å². The molecule has 2 N–H and O–H groups in total. The quantitative estimate of drug-likeness (QED) is 0.593. The molecule has 0 radical (unpaired) electrons. The van der Waals surface area contributed by atoms with Gasteiger partial charge in [-0.15, -0.1) is 0 Å². The number of likely N-dealkylation sites (N-methyl/N-ethyl adjacent to an activating group) is 1. The maximum Gasteiger partial charge on any atom is 0.0557 e. The summed E-state index contributed by atoms with van der Waals surface area (Å²) < 4.78 is 3.09. The van der Waals surface area contributed by atoms with E-state index in [1.165, 1.54) is 11.3 Å². The fourth-order valence-corrected chi connectivity index (χ4v) is 1.04. The third-order valence-corrected chi connectivity index (χ3v) is 2.62. The Morgan fingerprint density at radius 2 is 1.90 bits per heavy atom. The minimum atomic E-state index is 0.460. The van der Waals surface area contributed by atoms with Gasteiger partial charge in [-0.2, -0.15) is 0 Å². The minimum Gasteiger partial charge on any atom is -0.332 e. The van der Waals surface area contributed by atoms with E-state index in [-0.39, 0.29) is 0 Å². The smallest absolute Gasteiger partial charge is 0.0557 e. The van der Waals surface area contributed by atoms with Crippen molar-refractivity contribution in [1.29, 1.82) is 0 Å². The molecular formula is C7H15IN2. The van der Waals surface area contributed by atoms with Crippen LogP contribution in [0.25, 0.3) is 0 Å². The molecule has 1 atom stereocenters. The number of allylic oxidation sites excluding steroid dienone is 1. The van der Waals surface area contributed by atoms with Crippen molar-refractivity contribution >= 4 is 22.9 Å². The minimum absolute atomic E-state index is 0.460. The van der Waals surface area contributed by atoms with E-state index in [1.807, 2.05) is 7.05 Å². The van der Waals surface area contributed by atoms with Crippen molar-refractivity contribution in [2.24, 2.45) is 0 Å². The second kappa shape index (κ2) is 4.96. The van der Waals surface area contributed by atoms with Crippen LogP contribution < -0.4 is 8.85 Å². The van der Waals surface area contributed by atoms with Crippen LogP contribution in [-0.4, -0.2) is 13.1 Å². The molecule has 0 amide bonds. The molecule has 0 saturated carbocycles. The molecule has 0 rings (SSSR count). The van der Waals surface area contributed by atoms with Crippen LogP contribution in [0, 0.1) is 0 Å². The molecule has 3 heteroatoms. The van der Waals surface area contributed by atoms with Gasteiger partial charge < -0.3 is 8.85 Å². The second-order valence-electron chi connectivity index (χ2n) is 2.41. The molecule has 0 aromatic carbocycles. The average molecular weight is 254 g/mol. The molecule has 0 saturated heterocycles. The summed E-state index contributed by atoms with van der Waals surface area (Å²) in [6.45, 7) is 6.35. The molecule has 60 valence electrons. The average Bonchev–Trinajstić information content (AvgIpc) is 2.00. The monoisotopic (exact) mass is 254 g/mol. The first-order valence-corrected chi connectivity index (χ1v) is 4.42. The molecular weight excluding hydrogens is 239 g/mol. The topological polar surface area (TPSA) is 24.1 Å². The lowest BCUT2D eigenvalue weighted by Crippen LogP contribution is -2.24. The lowest BCUT2D eigenvalue weighted by molar-refractivity contribution is 0.683. The molecule has 0 aliphatic heterocycles. The molecule has 10 heavy (non-hydrogen) atoms. The van der Waals surface area contributed by atoms with Crippen molar-refractivity contribution in [2.45, 2.75) is 26.8 Å². The fourth-order valence-electron chi connectivity index (χ4n) is 0.616. The van der Waals surface area contributed by atoms with E-state index < -0.39 is 0 Å². The molecule has 0 bridgehead atoms. The zero-order valence-electron chi connectivity index (χ0n) is 6.96. The van der Waals surface area contributed by atoms with Crippen molar-refractivity contribution in [3.63, 3.8) is 0 Å². The Balaban J connectivity index is 4.15. The Morgan fingerprint density at radius 3 is 2.20 bits per heavy atom. The third kappa shape index (κ3) is 2.88. The Morgan fingerprint density at radius 1 is 1.40 bits per heavy atom. The Labute approximate surface area is 77.0 Å². The van der Waals surface area contributed by atoms with Crippen LogP contribution in [0.2, 0.25) is 0 Å². The predicted molar refractivity (Wildman–Crippen MR) is 54.1 cm³/mol. The summed E-state index contributed by atoms with van der Waals surface area (Å²) >= 11 is 2.14. The molecule has 0 heterocycles. The van der Waals surface area contributed by atoms with Crippen molar-refractivity contribution in [3.05, 3.63) is 11.3 Å². The van der Waals surface area contributed by atoms with Crippen LogP contribution in [0.5, 0.6) is 0 Å². The van der Waals surface area contributed by atoms with Crippen LogP contribution in [0.4, 0.5) is 0 Å². The molecule has 2 nitrogen and oxygen atoms in total. The largest absolute Gasteiger partial charge is 0.332 e. The number of halogens is 1. The summed E-state index contributed by atoms with van der Waals surface area (Å²) in [7, 11) is 1.97. The van der Waals surface area contributed by atoms with Crippen molar-refractivity contribution in [3.8, 4) is 0 Å². The lowest BCUT2D eigenvalue weighted by atomic mass is 10.1. The van der Waals surface area contributed by atoms with Gasteiger partial charge in [0, 0.05) is 11.7 Å². The van der Waals surface area contributed by atoms with E-state index in [0.29, 0.717) is 6.04 Å². The molecule has 0 aromatic rings. The van der Waals surface area contributed by atoms with Gasteiger partial charge in [0.25, 0.3) is 0 Å². The zero-order chi connectivity index (χ0) is 8.15. The van der Waals surface area contributed by atoms with Gasteiger partial charge in [0.1, 0.15) is 0 Å². The summed E-state index contributed by atoms with van der Waals surface area (Å²) in [5.41, 5.74) is 2.60. The summed E-state index contributed by atoms with van der Waals surface area (Å²) in [6.07, 6.45) is 0. The van der Waals surface area contributed by atoms with Crippen LogP contribution in [0.1, 0.15) is 20.8 Å². The number of rotatable bonds is 3. The first-order chi connectivity index (χ1) is 4.63. The number of hydrogen-bond donors (Lipinski definition) is 2. The maximum atomic E-state index is 3.18. The standard InChI is InChI=1S/C7H15IN2/c1-5(6(2)9-4)7(3)10-8/h6,9-10H,1-4H3/b7-5-. The SMILES string of the molecule is CNC(C)/C(C)=C(/C)NI. The highest BCUT2D eigenvalue weighted by Crippen LogP contribution is 2.05. The highest BCUT2D eigenvalue weighted by atomic mass is 127. The van der Waals surface area contributed by atoms with Crippen molar-refractivity contribution < 1.29 is 0 Å². The van der Waals surface area contributed by atoms with E-state index >= 15 is 0 Å². The van der Waals surface area contributed by atoms with Crippen LogP contribution in [-0.2, 0) is 0 Å². The molecule has 0 spiro atoms. The summed E-state index contributed by atoms with van der Waals surface area (Å²) in [6, 6.07) is 0.460. The van der Waals surface area contributed by atoms with Crippen molar-refractivity contribution in [2.75, 3.05) is 7.05 Å². The molecule has 0 fully saturated rings. The summed E-state index contributed by atoms with van der Waals surface area (Å²) in [5, 5.41) is 3.18. The van der Waals surface area contributed by atoms with Gasteiger partial charge >= 0.3 is 0 Å². The zero-order valence-corrected chi connectivity index (χ0v) is 9.11. The van der Waals surface area contributed by atoms with Gasteiger partial charge in [0.05, 0.1) is 22.9 Å². The van der Waals surface area contributed by atoms with E-state index in [1.54, 1.807) is 0 Å². The molecule has 0 aromatic heterocycles. The Hall–Kier alpha value is 0.230. The Bertz CT molecular complexity index is 132. The van der Waals surface area contributed by atoms with Gasteiger partial charge in [0.2, 0.25) is 0 Å². The van der Waals surface area contributed by atoms with Gasteiger partial charge in [-0.25, -0.2) is 0 Å². The van der Waals surface area contributed by atoms with E-state index in [4.69, 9.17) is 0 Å². The molecule has 1 unspecified atom stereocenters. The third-order valence-electron chi connectivity index (χ3n) is 1.82. The van der Waals surface area contributed by atoms with E-state index in [0.717, 1.165) is 0 Å². The first-order valence-electron chi connectivity index (χ1n) is 3.34. The summed E-state index contributed by atoms with van der Waals surface area (Å²) in [5.74, 6) is 0. The highest BCUT2D eigenvalue weighted by Gasteiger charge is 2.02. The fraction of sp³-hybridized carbons (Fsp3) is 0.714. The van der Waals surface area contributed by atoms with Crippen molar-refractivity contribution in [1.82, 2.24) is 8.85 Å². The van der Waals surface area contributed by atoms with Crippen LogP contribution in [0.15, 0.2) is 11.3 Å². The lowest BCUT2D eigenvalue weighted by Gasteiger charge is -2.13. The van der Waals surface area contributed by atoms with Crippen LogP contribution in [0.3, 0.4) is 0 Å².